The maximum Gasteiger partial charge on any atom is 0.319 e. The number of amides is 2. The van der Waals surface area contributed by atoms with Crippen LogP contribution in [0.4, 0.5) is 16.3 Å². The van der Waals surface area contributed by atoms with Crippen LogP contribution < -0.4 is 15.5 Å². The summed E-state index contributed by atoms with van der Waals surface area (Å²) in [5.74, 6) is 0.984. The Balaban J connectivity index is 1.44. The molecule has 3 heterocycles. The zero-order valence-corrected chi connectivity index (χ0v) is 22.8. The summed E-state index contributed by atoms with van der Waals surface area (Å²) in [7, 11) is -3.54. The molecule has 2 unspecified atom stereocenters. The van der Waals surface area contributed by atoms with Gasteiger partial charge >= 0.3 is 6.03 Å². The molecule has 1 aliphatic heterocycles. The molecule has 13 heteroatoms. The first-order valence-electron chi connectivity index (χ1n) is 12.4. The maximum atomic E-state index is 13.2. The first kappa shape index (κ1) is 26.5. The average Bonchev–Trinajstić information content (AvgIpc) is 3.61. The van der Waals surface area contributed by atoms with Crippen molar-refractivity contribution in [3.05, 3.63) is 47.1 Å². The van der Waals surface area contributed by atoms with Crippen molar-refractivity contribution in [3.63, 3.8) is 0 Å². The maximum absolute atomic E-state index is 13.2. The van der Waals surface area contributed by atoms with Crippen LogP contribution >= 0.6 is 11.3 Å². The Morgan fingerprint density at radius 2 is 2.03 bits per heavy atom. The summed E-state index contributed by atoms with van der Waals surface area (Å²) < 4.78 is 32.2. The lowest BCUT2D eigenvalue weighted by molar-refractivity contribution is 0.0985. The van der Waals surface area contributed by atoms with Crippen LogP contribution in [0.1, 0.15) is 30.7 Å². The van der Waals surface area contributed by atoms with Gasteiger partial charge in [0.05, 0.1) is 36.8 Å². The Morgan fingerprint density at radius 1 is 1.24 bits per heavy atom. The third kappa shape index (κ3) is 5.65. The number of aromatic nitrogens is 3. The number of hydrogen-bond acceptors (Lipinski definition) is 10. The number of aliphatic hydroxyl groups excluding tert-OH is 1. The van der Waals surface area contributed by atoms with Gasteiger partial charge in [-0.15, -0.1) is 11.3 Å². The summed E-state index contributed by atoms with van der Waals surface area (Å²) in [6, 6.07) is 8.72. The molecule has 2 fully saturated rings. The fourth-order valence-corrected chi connectivity index (χ4v) is 7.59. The summed E-state index contributed by atoms with van der Waals surface area (Å²) in [4.78, 5) is 27.9. The number of benzene rings is 1. The molecule has 202 valence electrons. The summed E-state index contributed by atoms with van der Waals surface area (Å²) >= 11 is 1.16. The molecule has 3 atom stereocenters. The third-order valence-corrected chi connectivity index (χ3v) is 10.2. The van der Waals surface area contributed by atoms with Gasteiger partial charge in [-0.25, -0.2) is 28.2 Å². The monoisotopic (exact) mass is 558 g/mol. The summed E-state index contributed by atoms with van der Waals surface area (Å²) in [6.07, 6.45) is 0.487. The second kappa shape index (κ2) is 10.9. The Kier molecular flexibility index (Phi) is 7.61. The van der Waals surface area contributed by atoms with E-state index >= 15 is 0 Å². The largest absolute Gasteiger partial charge is 0.395 e. The number of carbonyl (C=O) groups is 1. The van der Waals surface area contributed by atoms with Gasteiger partial charge in [-0.3, -0.25) is 0 Å². The van der Waals surface area contributed by atoms with E-state index in [4.69, 9.17) is 19.8 Å². The van der Waals surface area contributed by atoms with Crippen LogP contribution in [0.2, 0.25) is 0 Å². The first-order chi connectivity index (χ1) is 18.3. The second-order valence-electron chi connectivity index (χ2n) is 9.45. The lowest BCUT2D eigenvalue weighted by atomic mass is 10.1. The molecule has 2 aliphatic rings. The fourth-order valence-electron chi connectivity index (χ4n) is 4.45. The number of nitrogens with zero attached hydrogens (tertiary/aromatic N) is 4. The van der Waals surface area contributed by atoms with Crippen molar-refractivity contribution < 1.29 is 23.1 Å². The van der Waals surface area contributed by atoms with Crippen molar-refractivity contribution in [3.8, 4) is 11.4 Å². The summed E-state index contributed by atoms with van der Waals surface area (Å²) in [6.45, 7) is 5.71. The molecule has 3 N–H and O–H groups in total. The van der Waals surface area contributed by atoms with Gasteiger partial charge in [0, 0.05) is 47.4 Å². The molecule has 1 aliphatic carbocycles. The number of rotatable bonds is 8. The van der Waals surface area contributed by atoms with E-state index in [0.29, 0.717) is 49.1 Å². The number of morpholine rings is 1. The molecule has 2 amide bonds. The number of ether oxygens (including phenoxy) is 1. The number of thiazole rings is 1. The van der Waals surface area contributed by atoms with Crippen molar-refractivity contribution in [1.82, 2.24) is 20.3 Å². The fraction of sp³-hybridized carbons (Fsp3) is 0.440. The van der Waals surface area contributed by atoms with Crippen LogP contribution in [0.15, 0.2) is 40.1 Å². The number of aryl methyl sites for hydroxylation is 1. The molecule has 2 aromatic heterocycles. The Morgan fingerprint density at radius 3 is 2.71 bits per heavy atom. The molecule has 1 saturated heterocycles. The standard InChI is InChI=1S/C25H30N6O5S2/c1-15-14-37-25(27-15)38(34,35)21-11-19(21)20-12-22(31-8-10-36-13-16(31)2)30-23(29-20)17-3-5-18(6-4-17)28-24(33)26-7-9-32/h3-6,12,14,16,19,21,32H,7-11,13H2,1-2H3,(H2,26,28,33)/t16-,19?,21?/m0/s1. The van der Waals surface area contributed by atoms with Gasteiger partial charge < -0.3 is 25.4 Å². The number of sulfone groups is 1. The van der Waals surface area contributed by atoms with Crippen LogP contribution in [0.3, 0.4) is 0 Å². The molecule has 1 aromatic carbocycles. The highest BCUT2D eigenvalue weighted by molar-refractivity contribution is 7.94. The molecule has 11 nitrogen and oxygen atoms in total. The number of nitrogens with one attached hydrogen (secondary N) is 2. The van der Waals surface area contributed by atoms with Crippen molar-refractivity contribution in [2.24, 2.45) is 0 Å². The van der Waals surface area contributed by atoms with Crippen molar-refractivity contribution >= 4 is 38.7 Å². The molecule has 38 heavy (non-hydrogen) atoms. The highest BCUT2D eigenvalue weighted by Crippen LogP contribution is 2.48. The van der Waals surface area contributed by atoms with Crippen LogP contribution in [0.5, 0.6) is 0 Å². The highest BCUT2D eigenvalue weighted by Gasteiger charge is 2.51. The Labute approximate surface area is 225 Å². The zero-order valence-electron chi connectivity index (χ0n) is 21.1. The SMILES string of the molecule is Cc1csc(S(=O)(=O)C2CC2c2cc(N3CCOC[C@@H]3C)nc(-c3ccc(NC(=O)NCCO)cc3)n2)n1. The van der Waals surface area contributed by atoms with E-state index in [1.807, 2.05) is 18.2 Å². The first-order valence-corrected chi connectivity index (χ1v) is 14.8. The molecular formula is C25H30N6O5S2. The minimum absolute atomic E-state index is 0.111. The lowest BCUT2D eigenvalue weighted by Crippen LogP contribution is -2.44. The topological polar surface area (TPSA) is 147 Å². The zero-order chi connectivity index (χ0) is 26.9. The van der Waals surface area contributed by atoms with Gasteiger partial charge in [0.1, 0.15) is 5.82 Å². The van der Waals surface area contributed by atoms with Gasteiger partial charge in [-0.2, -0.15) is 0 Å². The van der Waals surface area contributed by atoms with Crippen LogP contribution in [-0.2, 0) is 14.6 Å². The number of aliphatic hydroxyl groups is 1. The normalized spacial score (nSPS) is 21.2. The number of urea groups is 1. The van der Waals surface area contributed by atoms with E-state index < -0.39 is 21.1 Å². The average molecular weight is 559 g/mol. The van der Waals surface area contributed by atoms with Gasteiger partial charge in [0.25, 0.3) is 0 Å². The number of carbonyl (C=O) groups excluding carboxylic acids is 1. The highest BCUT2D eigenvalue weighted by atomic mass is 32.2. The van der Waals surface area contributed by atoms with Crippen molar-refractivity contribution in [2.45, 2.75) is 41.8 Å². The van der Waals surface area contributed by atoms with E-state index in [-0.39, 0.29) is 29.5 Å². The quantitative estimate of drug-likeness (QED) is 0.380. The lowest BCUT2D eigenvalue weighted by Gasteiger charge is -2.34. The number of hydrogen-bond donors (Lipinski definition) is 3. The summed E-state index contributed by atoms with van der Waals surface area (Å²) in [5.41, 5.74) is 2.71. The van der Waals surface area contributed by atoms with Gasteiger partial charge in [-0.05, 0) is 44.5 Å². The Bertz CT molecular complexity index is 1410. The molecule has 5 rings (SSSR count). The molecule has 0 bridgehead atoms. The Hall–Kier alpha value is -3.13. The van der Waals surface area contributed by atoms with E-state index in [2.05, 4.69) is 27.4 Å². The molecule has 0 spiro atoms. The smallest absolute Gasteiger partial charge is 0.319 e. The predicted molar refractivity (Wildman–Crippen MR) is 144 cm³/mol. The molecule has 1 saturated carbocycles. The van der Waals surface area contributed by atoms with E-state index in [0.717, 1.165) is 22.7 Å². The van der Waals surface area contributed by atoms with E-state index in [1.165, 1.54) is 0 Å². The minimum atomic E-state index is -3.54. The second-order valence-corrected chi connectivity index (χ2v) is 12.7. The molecule has 3 aromatic rings. The third-order valence-electron chi connectivity index (χ3n) is 6.54. The van der Waals surface area contributed by atoms with Crippen molar-refractivity contribution in [2.75, 3.05) is 43.1 Å². The molecular weight excluding hydrogens is 528 g/mol. The number of anilines is 2. The van der Waals surface area contributed by atoms with Crippen LogP contribution in [0, 0.1) is 6.92 Å². The van der Waals surface area contributed by atoms with Gasteiger partial charge in [0.15, 0.2) is 5.82 Å². The van der Waals surface area contributed by atoms with Crippen LogP contribution in [-0.4, -0.2) is 78.7 Å². The van der Waals surface area contributed by atoms with E-state index in [1.54, 1.807) is 24.4 Å². The van der Waals surface area contributed by atoms with E-state index in [9.17, 15) is 13.2 Å². The summed E-state index contributed by atoms with van der Waals surface area (Å²) in [5, 5.41) is 15.3. The predicted octanol–water partition coefficient (Wildman–Crippen LogP) is 2.58. The van der Waals surface area contributed by atoms with Gasteiger partial charge in [0.2, 0.25) is 14.2 Å². The molecule has 0 radical (unpaired) electrons. The van der Waals surface area contributed by atoms with Gasteiger partial charge in [-0.1, -0.05) is 0 Å². The minimum Gasteiger partial charge on any atom is -0.395 e. The van der Waals surface area contributed by atoms with Crippen LogP contribution in [0.25, 0.3) is 11.4 Å². The van der Waals surface area contributed by atoms with Crippen molar-refractivity contribution in [1.29, 1.82) is 0 Å².